The fourth-order valence-corrected chi connectivity index (χ4v) is 2.24. The minimum atomic E-state index is 0.346. The van der Waals surface area contributed by atoms with E-state index >= 15 is 0 Å². The number of H-pyrrole nitrogens is 1. The van der Waals surface area contributed by atoms with Gasteiger partial charge in [-0.1, -0.05) is 6.92 Å². The number of hydrogen-bond donors (Lipinski definition) is 3. The lowest BCUT2D eigenvalue weighted by Crippen LogP contribution is -2.34. The van der Waals surface area contributed by atoms with E-state index in [1.54, 1.807) is 0 Å². The molecular weight excluding hydrogens is 190 g/mol. The fourth-order valence-electron chi connectivity index (χ4n) is 2.24. The summed E-state index contributed by atoms with van der Waals surface area (Å²) < 4.78 is 0. The van der Waals surface area contributed by atoms with E-state index < -0.39 is 0 Å². The van der Waals surface area contributed by atoms with E-state index in [4.69, 9.17) is 5.73 Å². The molecule has 2 unspecified atom stereocenters. The van der Waals surface area contributed by atoms with Gasteiger partial charge in [-0.15, -0.1) is 5.10 Å². The molecule has 1 aliphatic rings. The Labute approximate surface area is 89.9 Å². The van der Waals surface area contributed by atoms with Gasteiger partial charge < -0.3 is 11.1 Å². The van der Waals surface area contributed by atoms with Crippen molar-refractivity contribution in [3.8, 4) is 0 Å². The van der Waals surface area contributed by atoms with Crippen LogP contribution in [0.25, 0.3) is 0 Å². The highest BCUT2D eigenvalue weighted by atomic mass is 15.3. The molecule has 1 saturated heterocycles. The van der Waals surface area contributed by atoms with Gasteiger partial charge in [-0.05, 0) is 37.8 Å². The molecule has 15 heavy (non-hydrogen) atoms. The van der Waals surface area contributed by atoms with Crippen LogP contribution in [0.4, 0.5) is 5.95 Å². The van der Waals surface area contributed by atoms with E-state index in [2.05, 4.69) is 27.4 Å². The number of piperidine rings is 1. The zero-order valence-corrected chi connectivity index (χ0v) is 9.16. The summed E-state index contributed by atoms with van der Waals surface area (Å²) in [6, 6.07) is 0. The van der Waals surface area contributed by atoms with Crippen molar-refractivity contribution >= 4 is 5.95 Å². The molecule has 0 saturated carbocycles. The lowest BCUT2D eigenvalue weighted by atomic mass is 9.85. The van der Waals surface area contributed by atoms with Crippen LogP contribution < -0.4 is 11.1 Å². The van der Waals surface area contributed by atoms with E-state index in [-0.39, 0.29) is 0 Å². The third kappa shape index (κ3) is 2.68. The molecule has 4 N–H and O–H groups in total. The quantitative estimate of drug-likeness (QED) is 0.679. The maximum atomic E-state index is 5.47. The highest BCUT2D eigenvalue weighted by Crippen LogP contribution is 2.22. The lowest BCUT2D eigenvalue weighted by molar-refractivity contribution is 0.276. The third-order valence-electron chi connectivity index (χ3n) is 3.20. The van der Waals surface area contributed by atoms with E-state index in [1.165, 1.54) is 19.4 Å². The van der Waals surface area contributed by atoms with Crippen molar-refractivity contribution in [1.82, 2.24) is 20.5 Å². The number of nitrogen functional groups attached to an aromatic ring is 1. The van der Waals surface area contributed by atoms with E-state index in [0.29, 0.717) is 11.9 Å². The number of aromatic nitrogens is 3. The third-order valence-corrected chi connectivity index (χ3v) is 3.20. The first-order valence-corrected chi connectivity index (χ1v) is 5.63. The number of nitrogens with zero attached hydrogens (tertiary/aromatic N) is 2. The molecule has 1 aromatic rings. The predicted molar refractivity (Wildman–Crippen MR) is 59.3 cm³/mol. The van der Waals surface area contributed by atoms with Crippen LogP contribution in [0, 0.1) is 11.8 Å². The van der Waals surface area contributed by atoms with Crippen molar-refractivity contribution < 1.29 is 0 Å². The monoisotopic (exact) mass is 209 g/mol. The number of rotatable bonds is 3. The Balaban J connectivity index is 1.88. The SMILES string of the molecule is CC(Cc1nc(N)n[nH]1)C1CCCNC1. The van der Waals surface area contributed by atoms with Gasteiger partial charge >= 0.3 is 0 Å². The second-order valence-corrected chi connectivity index (χ2v) is 4.43. The molecule has 0 bridgehead atoms. The Morgan fingerprint density at radius 2 is 2.47 bits per heavy atom. The zero-order chi connectivity index (χ0) is 10.7. The topological polar surface area (TPSA) is 79.6 Å². The molecular formula is C10H19N5. The number of nitrogens with two attached hydrogens (primary N) is 1. The molecule has 2 atom stereocenters. The van der Waals surface area contributed by atoms with Gasteiger partial charge in [0.05, 0.1) is 0 Å². The largest absolute Gasteiger partial charge is 0.367 e. The van der Waals surface area contributed by atoms with E-state index in [9.17, 15) is 0 Å². The second-order valence-electron chi connectivity index (χ2n) is 4.43. The Kier molecular flexibility index (Phi) is 3.20. The van der Waals surface area contributed by atoms with Crippen LogP contribution in [0.1, 0.15) is 25.6 Å². The van der Waals surface area contributed by atoms with E-state index in [0.717, 1.165) is 24.7 Å². The summed E-state index contributed by atoms with van der Waals surface area (Å²) in [5.74, 6) is 2.64. The Bertz CT molecular complexity index is 303. The molecule has 5 heteroatoms. The molecule has 0 aromatic carbocycles. The van der Waals surface area contributed by atoms with Crippen molar-refractivity contribution in [2.24, 2.45) is 11.8 Å². The Morgan fingerprint density at radius 1 is 1.60 bits per heavy atom. The van der Waals surface area contributed by atoms with Gasteiger partial charge in [0.2, 0.25) is 5.95 Å². The van der Waals surface area contributed by atoms with Crippen LogP contribution in [0.5, 0.6) is 0 Å². The zero-order valence-electron chi connectivity index (χ0n) is 9.16. The molecule has 2 heterocycles. The number of aromatic amines is 1. The van der Waals surface area contributed by atoms with Gasteiger partial charge in [0.1, 0.15) is 5.82 Å². The number of hydrogen-bond acceptors (Lipinski definition) is 4. The summed E-state index contributed by atoms with van der Waals surface area (Å²) in [5, 5.41) is 10.1. The maximum absolute atomic E-state index is 5.47. The van der Waals surface area contributed by atoms with Crippen LogP contribution in [0.3, 0.4) is 0 Å². The van der Waals surface area contributed by atoms with Crippen LogP contribution in [0.2, 0.25) is 0 Å². The number of anilines is 1. The van der Waals surface area contributed by atoms with Crippen LogP contribution in [0.15, 0.2) is 0 Å². The van der Waals surface area contributed by atoms with Crippen molar-refractivity contribution in [2.45, 2.75) is 26.2 Å². The first-order chi connectivity index (χ1) is 7.25. The predicted octanol–water partition coefficient (Wildman–Crippen LogP) is 0.565. The first kappa shape index (κ1) is 10.4. The standard InChI is InChI=1S/C10H19N5/c1-7(8-3-2-4-12-6-8)5-9-13-10(11)15-14-9/h7-8,12H,2-6H2,1H3,(H3,11,13,14,15). The fraction of sp³-hybridized carbons (Fsp3) is 0.800. The molecule has 0 aliphatic carbocycles. The average molecular weight is 209 g/mol. The highest BCUT2D eigenvalue weighted by Gasteiger charge is 2.20. The maximum Gasteiger partial charge on any atom is 0.239 e. The summed E-state index contributed by atoms with van der Waals surface area (Å²) in [6.07, 6.45) is 3.54. The van der Waals surface area contributed by atoms with Gasteiger partial charge in [-0.25, -0.2) is 0 Å². The van der Waals surface area contributed by atoms with Crippen molar-refractivity contribution in [1.29, 1.82) is 0 Å². The van der Waals surface area contributed by atoms with Gasteiger partial charge in [-0.2, -0.15) is 4.98 Å². The summed E-state index contributed by atoms with van der Waals surface area (Å²) >= 11 is 0. The second kappa shape index (κ2) is 4.61. The van der Waals surface area contributed by atoms with Crippen molar-refractivity contribution in [3.05, 3.63) is 5.82 Å². The average Bonchev–Trinajstić information content (AvgIpc) is 2.65. The highest BCUT2D eigenvalue weighted by molar-refractivity contribution is 5.12. The molecule has 0 spiro atoms. The van der Waals surface area contributed by atoms with Crippen LogP contribution in [-0.2, 0) is 6.42 Å². The molecule has 2 rings (SSSR count). The van der Waals surface area contributed by atoms with Gasteiger partial charge in [0, 0.05) is 6.42 Å². The van der Waals surface area contributed by atoms with Crippen molar-refractivity contribution in [2.75, 3.05) is 18.8 Å². The number of nitrogens with one attached hydrogen (secondary N) is 2. The minimum absolute atomic E-state index is 0.346. The molecule has 0 radical (unpaired) electrons. The molecule has 1 aromatic heterocycles. The normalized spacial score (nSPS) is 23.9. The first-order valence-electron chi connectivity index (χ1n) is 5.63. The van der Waals surface area contributed by atoms with Crippen LogP contribution >= 0.6 is 0 Å². The molecule has 1 fully saturated rings. The smallest absolute Gasteiger partial charge is 0.239 e. The summed E-state index contributed by atoms with van der Waals surface area (Å²) in [4.78, 5) is 4.14. The van der Waals surface area contributed by atoms with Gasteiger partial charge in [0.25, 0.3) is 0 Å². The molecule has 1 aliphatic heterocycles. The lowest BCUT2D eigenvalue weighted by Gasteiger charge is -2.27. The van der Waals surface area contributed by atoms with Crippen LogP contribution in [-0.4, -0.2) is 28.3 Å². The molecule has 84 valence electrons. The Morgan fingerprint density at radius 3 is 3.07 bits per heavy atom. The van der Waals surface area contributed by atoms with E-state index in [1.807, 2.05) is 0 Å². The van der Waals surface area contributed by atoms with Gasteiger partial charge in [-0.3, -0.25) is 5.10 Å². The summed E-state index contributed by atoms with van der Waals surface area (Å²) in [6.45, 7) is 4.57. The Hall–Kier alpha value is -1.10. The summed E-state index contributed by atoms with van der Waals surface area (Å²) in [7, 11) is 0. The van der Waals surface area contributed by atoms with Crippen molar-refractivity contribution in [3.63, 3.8) is 0 Å². The minimum Gasteiger partial charge on any atom is -0.367 e. The molecule has 0 amide bonds. The molecule has 5 nitrogen and oxygen atoms in total. The summed E-state index contributed by atoms with van der Waals surface area (Å²) in [5.41, 5.74) is 5.47. The van der Waals surface area contributed by atoms with Gasteiger partial charge in [0.15, 0.2) is 0 Å².